The third kappa shape index (κ3) is 5.53. The average molecular weight is 342 g/mol. The molecule has 8 heteroatoms. The molecule has 0 heterocycles. The molecule has 24 heavy (non-hydrogen) atoms. The molecular weight excluding hydrogens is 322 g/mol. The number of halogens is 2. The Morgan fingerprint density at radius 1 is 1.29 bits per heavy atom. The van der Waals surface area contributed by atoms with Crippen molar-refractivity contribution in [2.75, 3.05) is 7.11 Å². The summed E-state index contributed by atoms with van der Waals surface area (Å²) in [5, 5.41) is 2.45. The second-order valence-corrected chi connectivity index (χ2v) is 5.22. The van der Waals surface area contributed by atoms with Crippen LogP contribution < -0.4 is 20.5 Å². The number of rotatable bonds is 8. The average Bonchev–Trinajstić information content (AvgIpc) is 2.50. The fourth-order valence-electron chi connectivity index (χ4n) is 1.97. The lowest BCUT2D eigenvalue weighted by atomic mass is 10.0. The van der Waals surface area contributed by atoms with Crippen LogP contribution in [0.1, 0.15) is 19.4 Å². The van der Waals surface area contributed by atoms with E-state index in [-0.39, 0.29) is 23.0 Å². The highest BCUT2D eigenvalue weighted by Gasteiger charge is 2.20. The molecule has 132 valence electrons. The first-order chi connectivity index (χ1) is 11.3. The number of benzene rings is 1. The smallest absolute Gasteiger partial charge is 0.387 e. The molecule has 1 rings (SSSR count). The molecule has 2 amide bonds. The Kier molecular flexibility index (Phi) is 7.16. The van der Waals surface area contributed by atoms with Crippen LogP contribution in [0.25, 0.3) is 6.08 Å². The number of alkyl halides is 2. The van der Waals surface area contributed by atoms with Gasteiger partial charge in [-0.1, -0.05) is 26.0 Å². The summed E-state index contributed by atoms with van der Waals surface area (Å²) in [5.74, 6) is -1.51. The molecule has 0 saturated heterocycles. The van der Waals surface area contributed by atoms with Crippen molar-refractivity contribution in [3.05, 3.63) is 29.8 Å². The summed E-state index contributed by atoms with van der Waals surface area (Å²) in [5.41, 5.74) is 5.44. The van der Waals surface area contributed by atoms with Gasteiger partial charge in [0.2, 0.25) is 11.8 Å². The number of ether oxygens (including phenoxy) is 2. The monoisotopic (exact) mass is 342 g/mol. The first-order valence-electron chi connectivity index (χ1n) is 7.16. The van der Waals surface area contributed by atoms with Crippen molar-refractivity contribution in [2.24, 2.45) is 11.7 Å². The van der Waals surface area contributed by atoms with E-state index in [0.29, 0.717) is 0 Å². The minimum Gasteiger partial charge on any atom is -0.493 e. The number of nitrogens with two attached hydrogens (primary N) is 1. The van der Waals surface area contributed by atoms with Crippen LogP contribution in [0.2, 0.25) is 0 Å². The van der Waals surface area contributed by atoms with E-state index >= 15 is 0 Å². The Morgan fingerprint density at radius 2 is 1.96 bits per heavy atom. The number of nitrogens with one attached hydrogen (secondary N) is 1. The van der Waals surface area contributed by atoms with Gasteiger partial charge in [0.1, 0.15) is 6.04 Å². The van der Waals surface area contributed by atoms with Crippen LogP contribution in [0.3, 0.4) is 0 Å². The number of hydrogen-bond acceptors (Lipinski definition) is 4. The largest absolute Gasteiger partial charge is 0.493 e. The van der Waals surface area contributed by atoms with E-state index in [2.05, 4.69) is 10.1 Å². The number of amides is 2. The molecule has 0 fully saturated rings. The molecule has 1 aromatic rings. The van der Waals surface area contributed by atoms with E-state index in [9.17, 15) is 18.4 Å². The summed E-state index contributed by atoms with van der Waals surface area (Å²) in [6, 6.07) is 3.67. The van der Waals surface area contributed by atoms with Gasteiger partial charge < -0.3 is 20.5 Å². The standard InChI is InChI=1S/C16H20F2N2O4/c1-9(2)13(15(19)22)20-12(21)8-7-10-5-4-6-11(23-3)14(10)24-16(17)18/h4-9,13,16H,1-3H3,(H2,19,22)(H,20,21)/b8-7-/t13-/m0/s1. The van der Waals surface area contributed by atoms with Gasteiger partial charge in [-0.3, -0.25) is 9.59 Å². The molecule has 0 aliphatic heterocycles. The van der Waals surface area contributed by atoms with Gasteiger partial charge in [0.15, 0.2) is 11.5 Å². The third-order valence-corrected chi connectivity index (χ3v) is 3.12. The number of carbonyl (C=O) groups is 2. The van der Waals surface area contributed by atoms with Gasteiger partial charge in [-0.25, -0.2) is 0 Å². The SMILES string of the molecule is COc1cccc(/C=C\C(=O)N[C@H](C(N)=O)C(C)C)c1OC(F)F. The predicted octanol–water partition coefficient (Wildman–Crippen LogP) is 1.94. The lowest BCUT2D eigenvalue weighted by Gasteiger charge is -2.17. The van der Waals surface area contributed by atoms with Gasteiger partial charge >= 0.3 is 6.61 Å². The Bertz CT molecular complexity index is 618. The maximum atomic E-state index is 12.5. The molecule has 0 aliphatic carbocycles. The molecule has 1 atom stereocenters. The van der Waals surface area contributed by atoms with E-state index in [1.54, 1.807) is 19.9 Å². The van der Waals surface area contributed by atoms with Crippen LogP contribution in [-0.4, -0.2) is 31.6 Å². The minimum atomic E-state index is -3.04. The number of hydrogen-bond donors (Lipinski definition) is 2. The Hall–Kier alpha value is -2.64. The van der Waals surface area contributed by atoms with E-state index < -0.39 is 24.5 Å². The van der Waals surface area contributed by atoms with Gasteiger partial charge in [-0.15, -0.1) is 0 Å². The minimum absolute atomic E-state index is 0.107. The number of methoxy groups -OCH3 is 1. The quantitative estimate of drug-likeness (QED) is 0.706. The second-order valence-electron chi connectivity index (χ2n) is 5.22. The van der Waals surface area contributed by atoms with Crippen molar-refractivity contribution in [1.29, 1.82) is 0 Å². The Balaban J connectivity index is 2.97. The van der Waals surface area contributed by atoms with Gasteiger partial charge in [0.05, 0.1) is 7.11 Å². The molecule has 0 aromatic heterocycles. The molecule has 0 bridgehead atoms. The summed E-state index contributed by atoms with van der Waals surface area (Å²) in [6.07, 6.45) is 2.39. The van der Waals surface area contributed by atoms with Crippen molar-refractivity contribution < 1.29 is 27.8 Å². The lowest BCUT2D eigenvalue weighted by Crippen LogP contribution is -2.47. The summed E-state index contributed by atoms with van der Waals surface area (Å²) in [7, 11) is 1.31. The zero-order chi connectivity index (χ0) is 18.3. The fourth-order valence-corrected chi connectivity index (χ4v) is 1.97. The Labute approximate surface area is 138 Å². The van der Waals surface area contributed by atoms with E-state index in [0.717, 1.165) is 6.08 Å². The molecular formula is C16H20F2N2O4. The molecule has 0 saturated carbocycles. The zero-order valence-electron chi connectivity index (χ0n) is 13.6. The fraction of sp³-hybridized carbons (Fsp3) is 0.375. The van der Waals surface area contributed by atoms with Gasteiger partial charge in [-0.2, -0.15) is 8.78 Å². The van der Waals surface area contributed by atoms with Crippen molar-refractivity contribution in [2.45, 2.75) is 26.5 Å². The third-order valence-electron chi connectivity index (χ3n) is 3.12. The maximum Gasteiger partial charge on any atom is 0.387 e. The molecule has 0 unspecified atom stereocenters. The first-order valence-corrected chi connectivity index (χ1v) is 7.16. The zero-order valence-corrected chi connectivity index (χ0v) is 13.6. The van der Waals surface area contributed by atoms with Crippen LogP contribution in [0.4, 0.5) is 8.78 Å². The van der Waals surface area contributed by atoms with Crippen LogP contribution in [-0.2, 0) is 9.59 Å². The van der Waals surface area contributed by atoms with Crippen molar-refractivity contribution in [1.82, 2.24) is 5.32 Å². The normalized spacial score (nSPS) is 12.5. The van der Waals surface area contributed by atoms with Gasteiger partial charge in [0.25, 0.3) is 0 Å². The maximum absolute atomic E-state index is 12.5. The molecule has 0 radical (unpaired) electrons. The molecule has 0 aliphatic rings. The van der Waals surface area contributed by atoms with Crippen molar-refractivity contribution in [3.8, 4) is 11.5 Å². The molecule has 6 nitrogen and oxygen atoms in total. The highest BCUT2D eigenvalue weighted by atomic mass is 19.3. The number of carbonyl (C=O) groups excluding carboxylic acids is 2. The summed E-state index contributed by atoms with van der Waals surface area (Å²) in [6.45, 7) is 0.425. The van der Waals surface area contributed by atoms with Gasteiger partial charge in [-0.05, 0) is 18.1 Å². The van der Waals surface area contributed by atoms with Crippen LogP contribution in [0.15, 0.2) is 24.3 Å². The van der Waals surface area contributed by atoms with Crippen LogP contribution in [0.5, 0.6) is 11.5 Å². The highest BCUT2D eigenvalue weighted by Crippen LogP contribution is 2.33. The topological polar surface area (TPSA) is 90.6 Å². The summed E-state index contributed by atoms with van der Waals surface area (Å²) < 4.78 is 34.5. The van der Waals surface area contributed by atoms with E-state index in [1.165, 1.54) is 25.3 Å². The Morgan fingerprint density at radius 3 is 2.46 bits per heavy atom. The molecule has 1 aromatic carbocycles. The molecule has 0 spiro atoms. The van der Waals surface area contributed by atoms with Gasteiger partial charge in [0, 0.05) is 11.6 Å². The van der Waals surface area contributed by atoms with Crippen molar-refractivity contribution in [3.63, 3.8) is 0 Å². The second kappa shape index (κ2) is 8.85. The van der Waals surface area contributed by atoms with Crippen LogP contribution >= 0.6 is 0 Å². The predicted molar refractivity (Wildman–Crippen MR) is 84.6 cm³/mol. The van der Waals surface area contributed by atoms with E-state index in [1.807, 2.05) is 0 Å². The first kappa shape index (κ1) is 19.4. The number of para-hydroxylation sites is 1. The van der Waals surface area contributed by atoms with Crippen molar-refractivity contribution >= 4 is 17.9 Å². The number of primary amides is 1. The van der Waals surface area contributed by atoms with E-state index in [4.69, 9.17) is 10.5 Å². The lowest BCUT2D eigenvalue weighted by molar-refractivity contribution is -0.126. The summed E-state index contributed by atoms with van der Waals surface area (Å²) in [4.78, 5) is 23.2. The van der Waals surface area contributed by atoms with Crippen LogP contribution in [0, 0.1) is 5.92 Å². The summed E-state index contributed by atoms with van der Waals surface area (Å²) >= 11 is 0. The highest BCUT2D eigenvalue weighted by molar-refractivity contribution is 5.95. The molecule has 3 N–H and O–H groups in total.